The molecule has 1 amide bonds. The number of hydrogen-bond acceptors (Lipinski definition) is 3. The van der Waals surface area contributed by atoms with E-state index >= 15 is 0 Å². The standard InChI is InChI=1S/C15H13ClFN3O/c1-10(11-4-3-7-18-9-11)19-20-15(21)8-12-13(16)5-2-6-14(12)17/h2-7,9H,8H2,1H3,(H,20,21). The second kappa shape index (κ2) is 6.95. The molecule has 0 fully saturated rings. The number of aromatic nitrogens is 1. The van der Waals surface area contributed by atoms with Crippen LogP contribution in [0.15, 0.2) is 47.8 Å². The minimum Gasteiger partial charge on any atom is -0.273 e. The molecule has 6 heteroatoms. The molecule has 0 spiro atoms. The maximum Gasteiger partial charge on any atom is 0.244 e. The highest BCUT2D eigenvalue weighted by molar-refractivity contribution is 6.31. The number of nitrogens with one attached hydrogen (secondary N) is 1. The fourth-order valence-electron chi connectivity index (χ4n) is 1.69. The van der Waals surface area contributed by atoms with Crippen LogP contribution in [0.25, 0.3) is 0 Å². The van der Waals surface area contributed by atoms with Gasteiger partial charge in [0.1, 0.15) is 5.82 Å². The SMILES string of the molecule is CC(=NNC(=O)Cc1c(F)cccc1Cl)c1cccnc1. The van der Waals surface area contributed by atoms with Crippen molar-refractivity contribution in [3.63, 3.8) is 0 Å². The van der Waals surface area contributed by atoms with Crippen molar-refractivity contribution in [1.29, 1.82) is 0 Å². The van der Waals surface area contributed by atoms with E-state index < -0.39 is 11.7 Å². The summed E-state index contributed by atoms with van der Waals surface area (Å²) in [6, 6.07) is 7.89. The summed E-state index contributed by atoms with van der Waals surface area (Å²) in [5.74, 6) is -0.948. The molecule has 4 nitrogen and oxygen atoms in total. The van der Waals surface area contributed by atoms with Gasteiger partial charge in [0.05, 0.1) is 12.1 Å². The zero-order valence-corrected chi connectivity index (χ0v) is 12.1. The van der Waals surface area contributed by atoms with Crippen LogP contribution in [0.4, 0.5) is 4.39 Å². The van der Waals surface area contributed by atoms with Crippen molar-refractivity contribution < 1.29 is 9.18 Å². The molecule has 0 saturated carbocycles. The monoisotopic (exact) mass is 305 g/mol. The molecule has 0 bridgehead atoms. The molecule has 0 aliphatic carbocycles. The predicted octanol–water partition coefficient (Wildman–Crippen LogP) is 2.96. The Bertz CT molecular complexity index is 654. The minimum absolute atomic E-state index is 0.158. The van der Waals surface area contributed by atoms with Gasteiger partial charge in [-0.2, -0.15) is 5.10 Å². The van der Waals surface area contributed by atoms with Crippen molar-refractivity contribution in [2.24, 2.45) is 5.10 Å². The Morgan fingerprint density at radius 3 is 2.86 bits per heavy atom. The van der Waals surface area contributed by atoms with E-state index in [4.69, 9.17) is 11.6 Å². The van der Waals surface area contributed by atoms with E-state index in [1.807, 2.05) is 6.07 Å². The van der Waals surface area contributed by atoms with E-state index in [0.717, 1.165) is 5.56 Å². The quantitative estimate of drug-likeness (QED) is 0.697. The van der Waals surface area contributed by atoms with E-state index in [0.29, 0.717) is 5.71 Å². The van der Waals surface area contributed by atoms with Gasteiger partial charge >= 0.3 is 0 Å². The molecule has 108 valence electrons. The summed E-state index contributed by atoms with van der Waals surface area (Å²) < 4.78 is 13.6. The van der Waals surface area contributed by atoms with Crippen molar-refractivity contribution in [3.8, 4) is 0 Å². The maximum atomic E-state index is 13.6. The minimum atomic E-state index is -0.509. The van der Waals surface area contributed by atoms with Gasteiger partial charge in [-0.3, -0.25) is 9.78 Å². The van der Waals surface area contributed by atoms with Gasteiger partial charge in [-0.1, -0.05) is 23.7 Å². The first kappa shape index (κ1) is 15.1. The maximum absolute atomic E-state index is 13.6. The number of hydrogen-bond donors (Lipinski definition) is 1. The Hall–Kier alpha value is -2.27. The number of rotatable bonds is 4. The van der Waals surface area contributed by atoms with Crippen molar-refractivity contribution >= 4 is 23.2 Å². The Kier molecular flexibility index (Phi) is 5.00. The molecule has 0 saturated heterocycles. The average Bonchev–Trinajstić information content (AvgIpc) is 2.49. The van der Waals surface area contributed by atoms with E-state index in [1.54, 1.807) is 25.4 Å². The van der Waals surface area contributed by atoms with Crippen molar-refractivity contribution in [1.82, 2.24) is 10.4 Å². The lowest BCUT2D eigenvalue weighted by Gasteiger charge is -2.05. The Labute approximate surface area is 126 Å². The van der Waals surface area contributed by atoms with Crippen LogP contribution >= 0.6 is 11.6 Å². The topological polar surface area (TPSA) is 54.4 Å². The Morgan fingerprint density at radius 1 is 1.38 bits per heavy atom. The molecular formula is C15H13ClFN3O. The third-order valence-electron chi connectivity index (χ3n) is 2.83. The normalized spacial score (nSPS) is 11.3. The fourth-order valence-corrected chi connectivity index (χ4v) is 1.92. The van der Waals surface area contributed by atoms with Crippen LogP contribution in [0.5, 0.6) is 0 Å². The number of benzene rings is 1. The lowest BCUT2D eigenvalue weighted by molar-refractivity contribution is -0.120. The number of pyridine rings is 1. The largest absolute Gasteiger partial charge is 0.273 e. The molecule has 1 heterocycles. The molecule has 21 heavy (non-hydrogen) atoms. The summed E-state index contributed by atoms with van der Waals surface area (Å²) in [5.41, 5.74) is 3.94. The van der Waals surface area contributed by atoms with Gasteiger partial charge in [-0.15, -0.1) is 0 Å². The van der Waals surface area contributed by atoms with E-state index in [-0.39, 0.29) is 17.0 Å². The van der Waals surface area contributed by atoms with Gasteiger partial charge in [-0.05, 0) is 25.1 Å². The van der Waals surface area contributed by atoms with Gasteiger partial charge in [0.25, 0.3) is 0 Å². The van der Waals surface area contributed by atoms with E-state index in [2.05, 4.69) is 15.5 Å². The van der Waals surface area contributed by atoms with Gasteiger partial charge in [0.2, 0.25) is 5.91 Å². The lowest BCUT2D eigenvalue weighted by atomic mass is 10.1. The molecular weight excluding hydrogens is 293 g/mol. The van der Waals surface area contributed by atoms with E-state index in [1.165, 1.54) is 18.2 Å². The first-order valence-corrected chi connectivity index (χ1v) is 6.62. The van der Waals surface area contributed by atoms with Crippen LogP contribution in [0, 0.1) is 5.82 Å². The molecule has 2 aromatic rings. The van der Waals surface area contributed by atoms with E-state index in [9.17, 15) is 9.18 Å². The molecule has 1 aromatic heterocycles. The Balaban J connectivity index is 2.03. The van der Waals surface area contributed by atoms with Crippen LogP contribution < -0.4 is 5.43 Å². The molecule has 0 radical (unpaired) electrons. The summed E-state index contributed by atoms with van der Waals surface area (Å²) in [7, 11) is 0. The third-order valence-corrected chi connectivity index (χ3v) is 3.18. The smallest absolute Gasteiger partial charge is 0.244 e. The molecule has 0 unspecified atom stereocenters. The first-order chi connectivity index (χ1) is 10.1. The molecule has 0 aliphatic heterocycles. The zero-order chi connectivity index (χ0) is 15.2. The van der Waals surface area contributed by atoms with Crippen LogP contribution in [-0.2, 0) is 11.2 Å². The molecule has 0 aliphatic rings. The number of nitrogens with zero attached hydrogens (tertiary/aromatic N) is 2. The third kappa shape index (κ3) is 4.10. The Morgan fingerprint density at radius 2 is 2.19 bits per heavy atom. The number of amides is 1. The van der Waals surface area contributed by atoms with Crippen molar-refractivity contribution in [2.75, 3.05) is 0 Å². The fraction of sp³-hybridized carbons (Fsp3) is 0.133. The number of carbonyl (C=O) groups is 1. The summed E-state index contributed by atoms with van der Waals surface area (Å²) in [6.45, 7) is 1.74. The average molecular weight is 306 g/mol. The highest BCUT2D eigenvalue weighted by Gasteiger charge is 2.11. The highest BCUT2D eigenvalue weighted by Crippen LogP contribution is 2.19. The van der Waals surface area contributed by atoms with Crippen LogP contribution in [0.3, 0.4) is 0 Å². The molecule has 2 rings (SSSR count). The van der Waals surface area contributed by atoms with Crippen LogP contribution in [0.2, 0.25) is 5.02 Å². The van der Waals surface area contributed by atoms with Gasteiger partial charge in [0, 0.05) is 28.5 Å². The summed E-state index contributed by atoms with van der Waals surface area (Å²) in [4.78, 5) is 15.8. The summed E-state index contributed by atoms with van der Waals surface area (Å²) in [5, 5.41) is 4.18. The second-order valence-corrected chi connectivity index (χ2v) is 4.76. The zero-order valence-electron chi connectivity index (χ0n) is 11.3. The number of carbonyl (C=O) groups excluding carboxylic acids is 1. The van der Waals surface area contributed by atoms with Gasteiger partial charge in [-0.25, -0.2) is 9.82 Å². The molecule has 1 N–H and O–H groups in total. The first-order valence-electron chi connectivity index (χ1n) is 6.24. The number of halogens is 2. The predicted molar refractivity (Wildman–Crippen MR) is 79.7 cm³/mol. The van der Waals surface area contributed by atoms with Crippen LogP contribution in [-0.4, -0.2) is 16.6 Å². The summed E-state index contributed by atoms with van der Waals surface area (Å²) >= 11 is 5.87. The molecule has 1 aromatic carbocycles. The summed E-state index contributed by atoms with van der Waals surface area (Å²) in [6.07, 6.45) is 3.11. The van der Waals surface area contributed by atoms with Gasteiger partial charge in [0.15, 0.2) is 0 Å². The van der Waals surface area contributed by atoms with Crippen molar-refractivity contribution in [3.05, 3.63) is 64.7 Å². The number of hydrazone groups is 1. The lowest BCUT2D eigenvalue weighted by Crippen LogP contribution is -2.22. The van der Waals surface area contributed by atoms with Gasteiger partial charge < -0.3 is 0 Å². The second-order valence-electron chi connectivity index (χ2n) is 4.35. The highest BCUT2D eigenvalue weighted by atomic mass is 35.5. The van der Waals surface area contributed by atoms with Crippen LogP contribution in [0.1, 0.15) is 18.1 Å². The molecule has 0 atom stereocenters. The van der Waals surface area contributed by atoms with Crippen molar-refractivity contribution in [2.45, 2.75) is 13.3 Å².